The van der Waals surface area contributed by atoms with E-state index in [0.717, 1.165) is 35.2 Å². The number of benzene rings is 2. The van der Waals surface area contributed by atoms with Crippen LogP contribution in [0.15, 0.2) is 42.5 Å². The molecular formula is C16H15ClN2O2S. The molecule has 3 rings (SSSR count). The number of rotatable bonds is 4. The molecule has 0 atom stereocenters. The van der Waals surface area contributed by atoms with Crippen molar-refractivity contribution in [2.45, 2.75) is 6.42 Å². The Morgan fingerprint density at radius 2 is 1.86 bits per heavy atom. The maximum Gasteiger partial charge on any atom is 0.231 e. The smallest absolute Gasteiger partial charge is 0.231 e. The number of ether oxygens (including phenoxy) is 2. The van der Waals surface area contributed by atoms with Gasteiger partial charge in [0.1, 0.15) is 0 Å². The first kappa shape index (κ1) is 14.9. The van der Waals surface area contributed by atoms with Crippen molar-refractivity contribution in [3.05, 3.63) is 53.1 Å². The Morgan fingerprint density at radius 1 is 1.09 bits per heavy atom. The van der Waals surface area contributed by atoms with Crippen molar-refractivity contribution >= 4 is 34.6 Å². The Bertz CT molecular complexity index is 676. The van der Waals surface area contributed by atoms with Gasteiger partial charge in [0.15, 0.2) is 16.6 Å². The summed E-state index contributed by atoms with van der Waals surface area (Å²) in [7, 11) is 0. The predicted octanol–water partition coefficient (Wildman–Crippen LogP) is 3.60. The number of hydrogen-bond donors (Lipinski definition) is 2. The number of thiocarbonyl (C=S) groups is 1. The molecule has 0 saturated heterocycles. The summed E-state index contributed by atoms with van der Waals surface area (Å²) in [6.07, 6.45) is 0.875. The van der Waals surface area contributed by atoms with E-state index in [9.17, 15) is 0 Å². The summed E-state index contributed by atoms with van der Waals surface area (Å²) in [5.41, 5.74) is 2.08. The van der Waals surface area contributed by atoms with Crippen molar-refractivity contribution in [1.82, 2.24) is 5.32 Å². The Balaban J connectivity index is 1.47. The molecule has 0 aromatic heterocycles. The minimum absolute atomic E-state index is 0.266. The fourth-order valence-corrected chi connectivity index (χ4v) is 2.47. The van der Waals surface area contributed by atoms with Crippen molar-refractivity contribution in [1.29, 1.82) is 0 Å². The lowest BCUT2D eigenvalue weighted by molar-refractivity contribution is 0.174. The van der Waals surface area contributed by atoms with Gasteiger partial charge in [-0.3, -0.25) is 0 Å². The van der Waals surface area contributed by atoms with Crippen molar-refractivity contribution < 1.29 is 9.47 Å². The van der Waals surface area contributed by atoms with Gasteiger partial charge in [0.2, 0.25) is 6.79 Å². The fourth-order valence-electron chi connectivity index (χ4n) is 2.12. The number of fused-ring (bicyclic) bond motifs is 1. The van der Waals surface area contributed by atoms with Crippen LogP contribution in [0.4, 0.5) is 5.69 Å². The molecule has 1 aliphatic heterocycles. The number of nitrogens with one attached hydrogen (secondary N) is 2. The van der Waals surface area contributed by atoms with Crippen molar-refractivity contribution in [2.75, 3.05) is 18.7 Å². The van der Waals surface area contributed by atoms with Gasteiger partial charge < -0.3 is 20.1 Å². The monoisotopic (exact) mass is 334 g/mol. The highest BCUT2D eigenvalue weighted by atomic mass is 35.5. The van der Waals surface area contributed by atoms with Gasteiger partial charge in [-0.15, -0.1) is 0 Å². The quantitative estimate of drug-likeness (QED) is 0.836. The lowest BCUT2D eigenvalue weighted by Gasteiger charge is -2.11. The topological polar surface area (TPSA) is 42.5 Å². The van der Waals surface area contributed by atoms with Crippen molar-refractivity contribution in [3.8, 4) is 11.5 Å². The predicted molar refractivity (Wildman–Crippen MR) is 91.9 cm³/mol. The number of anilines is 1. The lowest BCUT2D eigenvalue weighted by atomic mass is 10.1. The van der Waals surface area contributed by atoms with Gasteiger partial charge in [-0.2, -0.15) is 0 Å². The molecule has 22 heavy (non-hydrogen) atoms. The van der Waals surface area contributed by atoms with Crippen LogP contribution in [0.25, 0.3) is 0 Å². The highest BCUT2D eigenvalue weighted by Gasteiger charge is 2.13. The molecule has 1 heterocycles. The second kappa shape index (κ2) is 6.85. The van der Waals surface area contributed by atoms with E-state index in [4.69, 9.17) is 33.3 Å². The van der Waals surface area contributed by atoms with Gasteiger partial charge in [0.25, 0.3) is 0 Å². The van der Waals surface area contributed by atoms with Crippen LogP contribution in [-0.2, 0) is 6.42 Å². The van der Waals surface area contributed by atoms with Gasteiger partial charge in [-0.25, -0.2) is 0 Å². The number of halogens is 1. The Morgan fingerprint density at radius 3 is 2.68 bits per heavy atom. The van der Waals surface area contributed by atoms with Gasteiger partial charge in [-0.1, -0.05) is 23.7 Å². The summed E-state index contributed by atoms with van der Waals surface area (Å²) in [6, 6.07) is 13.4. The molecule has 0 fully saturated rings. The van der Waals surface area contributed by atoms with E-state index >= 15 is 0 Å². The van der Waals surface area contributed by atoms with E-state index in [1.807, 2.05) is 42.5 Å². The van der Waals surface area contributed by atoms with E-state index in [0.29, 0.717) is 5.11 Å². The van der Waals surface area contributed by atoms with E-state index in [1.54, 1.807) is 0 Å². The lowest BCUT2D eigenvalue weighted by Crippen LogP contribution is -2.30. The van der Waals surface area contributed by atoms with Crippen LogP contribution in [-0.4, -0.2) is 18.5 Å². The summed E-state index contributed by atoms with van der Waals surface area (Å²) in [5.74, 6) is 1.49. The highest BCUT2D eigenvalue weighted by molar-refractivity contribution is 7.80. The van der Waals surface area contributed by atoms with E-state index in [-0.39, 0.29) is 6.79 Å². The van der Waals surface area contributed by atoms with Crippen LogP contribution >= 0.6 is 23.8 Å². The molecule has 2 aromatic carbocycles. The largest absolute Gasteiger partial charge is 0.454 e. The van der Waals surface area contributed by atoms with Crippen LogP contribution in [0, 0.1) is 0 Å². The van der Waals surface area contributed by atoms with Crippen molar-refractivity contribution in [3.63, 3.8) is 0 Å². The molecule has 0 aliphatic carbocycles. The zero-order valence-electron chi connectivity index (χ0n) is 11.8. The van der Waals surface area contributed by atoms with E-state index < -0.39 is 0 Å². The molecule has 2 N–H and O–H groups in total. The van der Waals surface area contributed by atoms with Gasteiger partial charge in [0.05, 0.1) is 0 Å². The second-order valence-corrected chi connectivity index (χ2v) is 5.67. The normalized spacial score (nSPS) is 12.0. The van der Waals surface area contributed by atoms with Crippen LogP contribution in [0.1, 0.15) is 5.56 Å². The molecule has 0 unspecified atom stereocenters. The summed E-state index contributed by atoms with van der Waals surface area (Å²) >= 11 is 11.1. The van der Waals surface area contributed by atoms with Crippen LogP contribution in [0.3, 0.4) is 0 Å². The first-order valence-electron chi connectivity index (χ1n) is 6.90. The third-order valence-electron chi connectivity index (χ3n) is 3.24. The standard InChI is InChI=1S/C16H15ClN2O2S/c17-12-3-1-11(2-4-12)7-8-18-16(22)19-13-5-6-14-15(9-13)21-10-20-14/h1-6,9H,7-8,10H2,(H2,18,19,22). The first-order valence-corrected chi connectivity index (χ1v) is 7.68. The van der Waals surface area contributed by atoms with Gasteiger partial charge in [-0.05, 0) is 48.5 Å². The molecule has 0 bridgehead atoms. The molecule has 0 saturated carbocycles. The minimum Gasteiger partial charge on any atom is -0.454 e. The summed E-state index contributed by atoms with van der Waals surface area (Å²) in [5, 5.41) is 7.63. The number of hydrogen-bond acceptors (Lipinski definition) is 3. The summed E-state index contributed by atoms with van der Waals surface area (Å²) in [6.45, 7) is 1.01. The van der Waals surface area contributed by atoms with E-state index in [2.05, 4.69) is 10.6 Å². The Kier molecular flexibility index (Phi) is 4.65. The fraction of sp³-hybridized carbons (Fsp3) is 0.188. The maximum atomic E-state index is 5.86. The molecule has 2 aromatic rings. The molecule has 114 valence electrons. The van der Waals surface area contributed by atoms with Crippen molar-refractivity contribution in [2.24, 2.45) is 0 Å². The third-order valence-corrected chi connectivity index (χ3v) is 3.74. The summed E-state index contributed by atoms with van der Waals surface area (Å²) in [4.78, 5) is 0. The SMILES string of the molecule is S=C(NCCc1ccc(Cl)cc1)Nc1ccc2c(c1)OCO2. The minimum atomic E-state index is 0.266. The zero-order chi connectivity index (χ0) is 15.4. The highest BCUT2D eigenvalue weighted by Crippen LogP contribution is 2.34. The molecule has 0 amide bonds. The summed E-state index contributed by atoms with van der Waals surface area (Å²) < 4.78 is 10.6. The van der Waals surface area contributed by atoms with Gasteiger partial charge in [0, 0.05) is 23.3 Å². The average molecular weight is 335 g/mol. The van der Waals surface area contributed by atoms with Crippen LogP contribution in [0.5, 0.6) is 11.5 Å². The molecule has 0 spiro atoms. The van der Waals surface area contributed by atoms with E-state index in [1.165, 1.54) is 5.56 Å². The molecule has 6 heteroatoms. The molecule has 0 radical (unpaired) electrons. The second-order valence-electron chi connectivity index (χ2n) is 4.83. The maximum absolute atomic E-state index is 5.86. The van der Waals surface area contributed by atoms with Crippen LogP contribution in [0.2, 0.25) is 5.02 Å². The van der Waals surface area contributed by atoms with Crippen LogP contribution < -0.4 is 20.1 Å². The Labute approximate surface area is 139 Å². The third kappa shape index (κ3) is 3.81. The van der Waals surface area contributed by atoms with Gasteiger partial charge >= 0.3 is 0 Å². The first-order chi connectivity index (χ1) is 10.7. The molecular weight excluding hydrogens is 320 g/mol. The Hall–Kier alpha value is -1.98. The molecule has 4 nitrogen and oxygen atoms in total. The average Bonchev–Trinajstić information content (AvgIpc) is 2.97. The molecule has 1 aliphatic rings. The zero-order valence-corrected chi connectivity index (χ0v) is 13.3.